The average molecular weight is 447 g/mol. The van der Waals surface area contributed by atoms with Crippen LogP contribution in [0.4, 0.5) is 0 Å². The maximum absolute atomic E-state index is 4.49. The van der Waals surface area contributed by atoms with Crippen molar-refractivity contribution in [3.63, 3.8) is 0 Å². The normalized spacial score (nSPS) is 11.3. The number of hydrogen-bond donors (Lipinski definition) is 0. The van der Waals surface area contributed by atoms with Crippen LogP contribution in [-0.2, 0) is 0 Å². The van der Waals surface area contributed by atoms with Crippen molar-refractivity contribution >= 4 is 39.0 Å². The van der Waals surface area contributed by atoms with Crippen LogP contribution in [0.1, 0.15) is 0 Å². The van der Waals surface area contributed by atoms with Crippen molar-refractivity contribution in [2.24, 2.45) is 0 Å². The van der Waals surface area contributed by atoms with Crippen molar-refractivity contribution in [2.45, 2.75) is 0 Å². The average Bonchev–Trinajstić information content (AvgIpc) is 3.13. The van der Waals surface area contributed by atoms with E-state index < -0.39 is 0 Å². The molecule has 0 atom stereocenters. The van der Waals surface area contributed by atoms with Crippen LogP contribution in [0.3, 0.4) is 0 Å². The molecule has 124 valence electrons. The van der Waals surface area contributed by atoms with E-state index >= 15 is 0 Å². The molecule has 2 aromatic heterocycles. The van der Waals surface area contributed by atoms with E-state index in [2.05, 4.69) is 116 Å². The Bertz CT molecular complexity index is 1230. The molecule has 0 amide bonds. The Balaban J connectivity index is 1.76. The first-order valence-corrected chi connectivity index (χ1v) is 9.47. The quantitative estimate of drug-likeness (QED) is 0.319. The Morgan fingerprint density at radius 1 is 0.654 bits per heavy atom. The zero-order valence-corrected chi connectivity index (χ0v) is 16.0. The third-order valence-corrected chi connectivity index (χ3v) is 5.34. The number of nitrogens with zero attached hydrogens (tertiary/aromatic N) is 3. The molecule has 0 fully saturated rings. The molecular formula is C22H14IN3. The first kappa shape index (κ1) is 15.5. The van der Waals surface area contributed by atoms with Crippen molar-refractivity contribution in [1.29, 1.82) is 0 Å². The monoisotopic (exact) mass is 447 g/mol. The van der Waals surface area contributed by atoms with Crippen molar-refractivity contribution in [2.75, 3.05) is 0 Å². The standard InChI is InChI=1S/C22H14IN3/c23-17-11-9-16(10-12-17)21-24-25-22-20-8-4-7-18(15-5-2-1-3-6-15)19(20)13-14-26(21)22/h1-14H. The van der Waals surface area contributed by atoms with Gasteiger partial charge in [-0.05, 0) is 57.3 Å². The first-order valence-electron chi connectivity index (χ1n) is 8.39. The second-order valence-corrected chi connectivity index (χ2v) is 7.42. The highest BCUT2D eigenvalue weighted by molar-refractivity contribution is 14.1. The van der Waals surface area contributed by atoms with E-state index in [1.807, 2.05) is 6.07 Å². The summed E-state index contributed by atoms with van der Waals surface area (Å²) in [6.07, 6.45) is 2.07. The Hall–Kier alpha value is -2.73. The Kier molecular flexibility index (Phi) is 3.71. The summed E-state index contributed by atoms with van der Waals surface area (Å²) >= 11 is 2.31. The highest BCUT2D eigenvalue weighted by Crippen LogP contribution is 2.31. The minimum atomic E-state index is 0.864. The van der Waals surface area contributed by atoms with Gasteiger partial charge in [0.2, 0.25) is 0 Å². The Morgan fingerprint density at radius 2 is 1.46 bits per heavy atom. The minimum absolute atomic E-state index is 0.864. The number of benzene rings is 3. The highest BCUT2D eigenvalue weighted by atomic mass is 127. The molecule has 0 N–H and O–H groups in total. The van der Waals surface area contributed by atoms with E-state index in [0.29, 0.717) is 0 Å². The third kappa shape index (κ3) is 2.49. The maximum Gasteiger partial charge on any atom is 0.168 e. The molecule has 4 heteroatoms. The molecule has 0 aliphatic carbocycles. The molecule has 0 spiro atoms. The molecule has 0 aliphatic heterocycles. The third-order valence-electron chi connectivity index (χ3n) is 4.62. The maximum atomic E-state index is 4.49. The van der Waals surface area contributed by atoms with Crippen LogP contribution >= 0.6 is 22.6 Å². The van der Waals surface area contributed by atoms with Gasteiger partial charge >= 0.3 is 0 Å². The van der Waals surface area contributed by atoms with E-state index in [0.717, 1.165) is 22.4 Å². The molecule has 5 rings (SSSR count). The smallest absolute Gasteiger partial charge is 0.168 e. The molecule has 0 unspecified atom stereocenters. The number of pyridine rings is 1. The summed E-state index contributed by atoms with van der Waals surface area (Å²) in [5.41, 5.74) is 4.37. The second-order valence-electron chi connectivity index (χ2n) is 6.17. The number of hydrogen-bond acceptors (Lipinski definition) is 2. The number of rotatable bonds is 2. The topological polar surface area (TPSA) is 30.2 Å². The molecule has 3 aromatic carbocycles. The van der Waals surface area contributed by atoms with Gasteiger partial charge in [-0.15, -0.1) is 10.2 Å². The van der Waals surface area contributed by atoms with E-state index in [4.69, 9.17) is 0 Å². The van der Waals surface area contributed by atoms with Gasteiger partial charge in [-0.1, -0.05) is 60.7 Å². The first-order chi connectivity index (χ1) is 12.8. The predicted molar refractivity (Wildman–Crippen MR) is 114 cm³/mol. The van der Waals surface area contributed by atoms with Crippen LogP contribution in [0.2, 0.25) is 0 Å². The minimum Gasteiger partial charge on any atom is -0.282 e. The molecule has 26 heavy (non-hydrogen) atoms. The molecule has 2 heterocycles. The fourth-order valence-corrected chi connectivity index (χ4v) is 3.73. The van der Waals surface area contributed by atoms with Crippen LogP contribution in [-0.4, -0.2) is 14.6 Å². The van der Waals surface area contributed by atoms with E-state index in [9.17, 15) is 0 Å². The van der Waals surface area contributed by atoms with E-state index in [-0.39, 0.29) is 0 Å². The largest absolute Gasteiger partial charge is 0.282 e. The predicted octanol–water partition coefficient (Wildman–Crippen LogP) is 5.82. The Morgan fingerprint density at radius 3 is 2.27 bits per heavy atom. The van der Waals surface area contributed by atoms with Gasteiger partial charge < -0.3 is 0 Å². The summed E-state index contributed by atoms with van der Waals surface area (Å²) < 4.78 is 3.28. The van der Waals surface area contributed by atoms with Gasteiger partial charge in [-0.3, -0.25) is 4.40 Å². The molecule has 3 nitrogen and oxygen atoms in total. The Labute approximate surface area is 164 Å². The molecular weight excluding hydrogens is 433 g/mol. The van der Waals surface area contributed by atoms with Crippen LogP contribution in [0.5, 0.6) is 0 Å². The fourth-order valence-electron chi connectivity index (χ4n) is 3.37. The van der Waals surface area contributed by atoms with Crippen LogP contribution < -0.4 is 0 Å². The summed E-state index contributed by atoms with van der Waals surface area (Å²) in [7, 11) is 0. The van der Waals surface area contributed by atoms with Crippen molar-refractivity contribution < 1.29 is 0 Å². The molecule has 0 aliphatic rings. The van der Waals surface area contributed by atoms with Crippen molar-refractivity contribution in [3.05, 3.63) is 88.6 Å². The fraction of sp³-hybridized carbons (Fsp3) is 0. The molecule has 0 radical (unpaired) electrons. The second kappa shape index (κ2) is 6.21. The molecule has 0 saturated heterocycles. The number of aromatic nitrogens is 3. The number of fused-ring (bicyclic) bond motifs is 3. The van der Waals surface area contributed by atoms with Gasteiger partial charge in [0.25, 0.3) is 0 Å². The number of halogens is 1. The van der Waals surface area contributed by atoms with Crippen LogP contribution in [0.15, 0.2) is 85.1 Å². The summed E-state index contributed by atoms with van der Waals surface area (Å²) in [5, 5.41) is 11.2. The molecule has 5 aromatic rings. The van der Waals surface area contributed by atoms with Gasteiger partial charge in [0.1, 0.15) is 0 Å². The van der Waals surface area contributed by atoms with Gasteiger partial charge in [0.15, 0.2) is 11.5 Å². The van der Waals surface area contributed by atoms with Gasteiger partial charge in [-0.25, -0.2) is 0 Å². The van der Waals surface area contributed by atoms with Gasteiger partial charge in [-0.2, -0.15) is 0 Å². The van der Waals surface area contributed by atoms with Crippen molar-refractivity contribution in [3.8, 4) is 22.5 Å². The summed E-state index contributed by atoms with van der Waals surface area (Å²) in [4.78, 5) is 0. The van der Waals surface area contributed by atoms with Gasteiger partial charge in [0, 0.05) is 20.7 Å². The van der Waals surface area contributed by atoms with Crippen LogP contribution in [0, 0.1) is 3.57 Å². The van der Waals surface area contributed by atoms with Gasteiger partial charge in [0.05, 0.1) is 0 Å². The summed E-state index contributed by atoms with van der Waals surface area (Å²) in [6, 6.07) is 27.3. The zero-order valence-electron chi connectivity index (χ0n) is 13.8. The lowest BCUT2D eigenvalue weighted by molar-refractivity contribution is 1.11. The summed E-state index contributed by atoms with van der Waals surface area (Å²) in [6.45, 7) is 0. The lowest BCUT2D eigenvalue weighted by Gasteiger charge is -2.08. The van der Waals surface area contributed by atoms with E-state index in [1.54, 1.807) is 0 Å². The van der Waals surface area contributed by atoms with Crippen LogP contribution in [0.25, 0.3) is 38.9 Å². The van der Waals surface area contributed by atoms with Crippen molar-refractivity contribution in [1.82, 2.24) is 14.6 Å². The summed E-state index contributed by atoms with van der Waals surface area (Å²) in [5.74, 6) is 0.864. The zero-order chi connectivity index (χ0) is 17.5. The van der Waals surface area contributed by atoms with E-state index in [1.165, 1.54) is 20.1 Å². The SMILES string of the molecule is Ic1ccc(-c2nnc3c4cccc(-c5ccccc5)c4ccn23)cc1. The molecule has 0 bridgehead atoms. The molecule has 0 saturated carbocycles. The highest BCUT2D eigenvalue weighted by Gasteiger charge is 2.12. The lowest BCUT2D eigenvalue weighted by atomic mass is 9.99. The lowest BCUT2D eigenvalue weighted by Crippen LogP contribution is -1.91.